The summed E-state index contributed by atoms with van der Waals surface area (Å²) in [6.07, 6.45) is 0.354. The van der Waals surface area contributed by atoms with Crippen LogP contribution in [0.4, 0.5) is 8.78 Å². The third-order valence-corrected chi connectivity index (χ3v) is 5.43. The highest BCUT2D eigenvalue weighted by atomic mass is 19.2. The minimum Gasteiger partial charge on any atom is -0.508 e. The van der Waals surface area contributed by atoms with Gasteiger partial charge in [-0.3, -0.25) is 14.5 Å². The van der Waals surface area contributed by atoms with Gasteiger partial charge in [-0.2, -0.15) is 0 Å². The summed E-state index contributed by atoms with van der Waals surface area (Å²) >= 11 is 0. The maximum absolute atomic E-state index is 13.4. The fourth-order valence-corrected chi connectivity index (χ4v) is 3.90. The predicted octanol–water partition coefficient (Wildman–Crippen LogP) is 1.42. The Morgan fingerprint density at radius 3 is 2.45 bits per heavy atom. The topological polar surface area (TPSA) is 72.9 Å². The van der Waals surface area contributed by atoms with E-state index >= 15 is 0 Å². The maximum Gasteiger partial charge on any atom is 0.246 e. The van der Waals surface area contributed by atoms with E-state index < -0.39 is 23.7 Å². The van der Waals surface area contributed by atoms with Gasteiger partial charge in [0.2, 0.25) is 11.8 Å². The van der Waals surface area contributed by atoms with Gasteiger partial charge in [-0.15, -0.1) is 0 Å². The van der Waals surface area contributed by atoms with Crippen molar-refractivity contribution in [3.63, 3.8) is 0 Å². The van der Waals surface area contributed by atoms with Crippen LogP contribution in [0, 0.1) is 11.6 Å². The SMILES string of the molecule is O=C1N[C@H](Cc2ccc(O)cc2)C(=O)N2CCN(Cc3ccc(F)c(F)c3)C[C@H]12. The highest BCUT2D eigenvalue weighted by Crippen LogP contribution is 2.21. The molecule has 2 aliphatic heterocycles. The largest absolute Gasteiger partial charge is 0.508 e. The van der Waals surface area contributed by atoms with Gasteiger partial charge in [-0.1, -0.05) is 18.2 Å². The molecule has 2 fully saturated rings. The van der Waals surface area contributed by atoms with Crippen LogP contribution in [0.1, 0.15) is 11.1 Å². The minimum atomic E-state index is -0.899. The predicted molar refractivity (Wildman–Crippen MR) is 101 cm³/mol. The van der Waals surface area contributed by atoms with Gasteiger partial charge < -0.3 is 15.3 Å². The van der Waals surface area contributed by atoms with Crippen LogP contribution in [0.2, 0.25) is 0 Å². The molecule has 2 aromatic carbocycles. The number of aromatic hydroxyl groups is 1. The smallest absolute Gasteiger partial charge is 0.246 e. The molecule has 0 bridgehead atoms. The van der Waals surface area contributed by atoms with Crippen molar-refractivity contribution < 1.29 is 23.5 Å². The van der Waals surface area contributed by atoms with E-state index in [0.717, 1.165) is 17.7 Å². The van der Waals surface area contributed by atoms with Crippen LogP contribution in [-0.2, 0) is 22.6 Å². The summed E-state index contributed by atoms with van der Waals surface area (Å²) in [6.45, 7) is 1.65. The van der Waals surface area contributed by atoms with Crippen molar-refractivity contribution in [2.24, 2.45) is 0 Å². The monoisotopic (exact) mass is 401 g/mol. The van der Waals surface area contributed by atoms with Gasteiger partial charge in [-0.25, -0.2) is 8.78 Å². The Bertz CT molecular complexity index is 935. The first-order valence-corrected chi connectivity index (χ1v) is 9.46. The number of amides is 2. The van der Waals surface area contributed by atoms with Gasteiger partial charge in [0.1, 0.15) is 17.8 Å². The standard InChI is InChI=1S/C21H21F2N3O3/c22-16-6-3-14(9-17(16)23)11-25-7-8-26-19(12-25)20(28)24-18(21(26)29)10-13-1-4-15(27)5-2-13/h1-6,9,18-19,27H,7-8,10-12H2,(H,24,28)/t18-,19-/m1/s1. The van der Waals surface area contributed by atoms with Crippen LogP contribution >= 0.6 is 0 Å². The normalized spacial score (nSPS) is 22.3. The Labute approximate surface area is 166 Å². The third kappa shape index (κ3) is 4.07. The molecule has 0 saturated carbocycles. The van der Waals surface area contributed by atoms with Gasteiger partial charge in [0.15, 0.2) is 11.6 Å². The number of phenolic OH excluding ortho intramolecular Hbond substituents is 1. The lowest BCUT2D eigenvalue weighted by molar-refractivity contribution is -0.153. The van der Waals surface area contributed by atoms with Crippen LogP contribution in [0.5, 0.6) is 5.75 Å². The van der Waals surface area contributed by atoms with Crippen molar-refractivity contribution in [2.45, 2.75) is 25.0 Å². The zero-order valence-electron chi connectivity index (χ0n) is 15.6. The molecule has 0 aromatic heterocycles. The summed E-state index contributed by atoms with van der Waals surface area (Å²) in [6, 6.07) is 9.06. The number of halogens is 2. The summed E-state index contributed by atoms with van der Waals surface area (Å²) in [4.78, 5) is 29.1. The van der Waals surface area contributed by atoms with Gasteiger partial charge in [0.25, 0.3) is 0 Å². The van der Waals surface area contributed by atoms with Crippen molar-refractivity contribution in [3.8, 4) is 5.75 Å². The van der Waals surface area contributed by atoms with E-state index in [0.29, 0.717) is 38.2 Å². The Morgan fingerprint density at radius 1 is 1.00 bits per heavy atom. The number of benzene rings is 2. The molecule has 2 atom stereocenters. The summed E-state index contributed by atoms with van der Waals surface area (Å²) in [5.41, 5.74) is 1.46. The molecule has 2 amide bonds. The second-order valence-corrected chi connectivity index (χ2v) is 7.46. The first kappa shape index (κ1) is 19.3. The molecule has 0 radical (unpaired) electrons. The Kier molecular flexibility index (Phi) is 5.19. The Morgan fingerprint density at radius 2 is 1.72 bits per heavy atom. The molecule has 2 N–H and O–H groups in total. The number of hydrogen-bond donors (Lipinski definition) is 2. The highest BCUT2D eigenvalue weighted by molar-refractivity contribution is 5.97. The van der Waals surface area contributed by atoms with Crippen LogP contribution < -0.4 is 5.32 Å². The molecule has 6 nitrogen and oxygen atoms in total. The number of nitrogens with zero attached hydrogens (tertiary/aromatic N) is 2. The van der Waals surface area contributed by atoms with Crippen molar-refractivity contribution in [1.82, 2.24) is 15.1 Å². The number of nitrogens with one attached hydrogen (secondary N) is 1. The van der Waals surface area contributed by atoms with E-state index in [2.05, 4.69) is 5.32 Å². The molecular formula is C21H21F2N3O3. The van der Waals surface area contributed by atoms with Crippen LogP contribution in [0.3, 0.4) is 0 Å². The average Bonchev–Trinajstić information content (AvgIpc) is 2.70. The van der Waals surface area contributed by atoms with Gasteiger partial charge in [0, 0.05) is 32.6 Å². The summed E-state index contributed by atoms with van der Waals surface area (Å²) in [5.74, 6) is -2.00. The lowest BCUT2D eigenvalue weighted by Gasteiger charge is -2.45. The minimum absolute atomic E-state index is 0.129. The van der Waals surface area contributed by atoms with Crippen LogP contribution in [-0.4, -0.2) is 58.4 Å². The first-order chi connectivity index (χ1) is 13.9. The van der Waals surface area contributed by atoms with E-state index in [1.807, 2.05) is 4.90 Å². The number of phenols is 1. The number of rotatable bonds is 4. The van der Waals surface area contributed by atoms with E-state index in [1.165, 1.54) is 6.07 Å². The molecule has 2 saturated heterocycles. The first-order valence-electron chi connectivity index (χ1n) is 9.46. The molecule has 0 unspecified atom stereocenters. The molecule has 2 aliphatic rings. The summed E-state index contributed by atoms with van der Waals surface area (Å²) in [5, 5.41) is 12.2. The van der Waals surface area contributed by atoms with Crippen LogP contribution in [0.25, 0.3) is 0 Å². The summed E-state index contributed by atoms with van der Waals surface area (Å²) < 4.78 is 26.5. The average molecular weight is 401 g/mol. The van der Waals surface area contributed by atoms with Gasteiger partial charge in [0.05, 0.1) is 0 Å². The summed E-state index contributed by atoms with van der Waals surface area (Å²) in [7, 11) is 0. The van der Waals surface area contributed by atoms with Gasteiger partial charge in [-0.05, 0) is 35.4 Å². The molecule has 0 aliphatic carbocycles. The number of hydrogen-bond acceptors (Lipinski definition) is 4. The highest BCUT2D eigenvalue weighted by Gasteiger charge is 2.43. The fraction of sp³-hybridized carbons (Fsp3) is 0.333. The number of carbonyl (C=O) groups is 2. The second-order valence-electron chi connectivity index (χ2n) is 7.46. The molecule has 4 rings (SSSR count). The molecule has 152 valence electrons. The fourth-order valence-electron chi connectivity index (χ4n) is 3.90. The van der Waals surface area contributed by atoms with E-state index in [1.54, 1.807) is 29.2 Å². The molecule has 29 heavy (non-hydrogen) atoms. The van der Waals surface area contributed by atoms with Crippen molar-refractivity contribution in [2.75, 3.05) is 19.6 Å². The van der Waals surface area contributed by atoms with Crippen LogP contribution in [0.15, 0.2) is 42.5 Å². The van der Waals surface area contributed by atoms with Gasteiger partial charge >= 0.3 is 0 Å². The molecule has 2 aromatic rings. The Balaban J connectivity index is 1.41. The van der Waals surface area contributed by atoms with E-state index in [4.69, 9.17) is 0 Å². The maximum atomic E-state index is 13.4. The van der Waals surface area contributed by atoms with E-state index in [-0.39, 0.29) is 17.6 Å². The zero-order chi connectivity index (χ0) is 20.5. The molecular weight excluding hydrogens is 380 g/mol. The van der Waals surface area contributed by atoms with Crippen molar-refractivity contribution >= 4 is 11.8 Å². The zero-order valence-corrected chi connectivity index (χ0v) is 15.6. The molecule has 8 heteroatoms. The van der Waals surface area contributed by atoms with Crippen molar-refractivity contribution in [1.29, 1.82) is 0 Å². The quantitative estimate of drug-likeness (QED) is 0.813. The van der Waals surface area contributed by atoms with Crippen molar-refractivity contribution in [3.05, 3.63) is 65.2 Å². The number of carbonyl (C=O) groups excluding carboxylic acids is 2. The molecule has 0 spiro atoms. The Hall–Kier alpha value is -3.00. The lowest BCUT2D eigenvalue weighted by Crippen LogP contribution is -2.69. The number of piperazine rings is 2. The molecule has 2 heterocycles. The third-order valence-electron chi connectivity index (χ3n) is 5.43. The lowest BCUT2D eigenvalue weighted by atomic mass is 9.98. The van der Waals surface area contributed by atoms with E-state index in [9.17, 15) is 23.5 Å². The number of fused-ring (bicyclic) bond motifs is 1. The second kappa shape index (κ2) is 7.79.